The molecule has 0 atom stereocenters. The Morgan fingerprint density at radius 3 is 2.33 bits per heavy atom. The van der Waals surface area contributed by atoms with E-state index >= 15 is 0 Å². The van der Waals surface area contributed by atoms with Crippen molar-refractivity contribution in [3.63, 3.8) is 0 Å². The molecule has 0 bridgehead atoms. The van der Waals surface area contributed by atoms with Gasteiger partial charge in [-0.15, -0.1) is 5.53 Å². The summed E-state index contributed by atoms with van der Waals surface area (Å²) in [7, 11) is 1.62. The Kier molecular flexibility index (Phi) is 6.82. The molecule has 7 heteroatoms. The van der Waals surface area contributed by atoms with Gasteiger partial charge in [0.2, 0.25) is 0 Å². The molecular weight excluding hydrogens is 346 g/mol. The highest BCUT2D eigenvalue weighted by Crippen LogP contribution is 2.36. The number of carboxylic acids is 1. The summed E-state index contributed by atoms with van der Waals surface area (Å²) in [5, 5.41) is 8.80. The summed E-state index contributed by atoms with van der Waals surface area (Å²) >= 11 is 0. The van der Waals surface area contributed by atoms with Gasteiger partial charge in [0.1, 0.15) is 17.3 Å². The van der Waals surface area contributed by atoms with Crippen molar-refractivity contribution < 1.29 is 19.1 Å². The van der Waals surface area contributed by atoms with Crippen LogP contribution >= 0.6 is 0 Å². The van der Waals surface area contributed by atoms with Gasteiger partial charge in [0.15, 0.2) is 0 Å². The van der Waals surface area contributed by atoms with Crippen molar-refractivity contribution in [2.24, 2.45) is 0 Å². The van der Waals surface area contributed by atoms with Crippen LogP contribution in [-0.4, -0.2) is 18.2 Å². The van der Waals surface area contributed by atoms with Gasteiger partial charge in [0, 0.05) is 17.2 Å². The lowest BCUT2D eigenvalue weighted by atomic mass is 10.0. The highest BCUT2D eigenvalue weighted by atomic mass is 16.5. The van der Waals surface area contributed by atoms with E-state index in [0.29, 0.717) is 11.5 Å². The van der Waals surface area contributed by atoms with Crippen molar-refractivity contribution in [2.75, 3.05) is 7.11 Å². The average molecular weight is 363 g/mol. The van der Waals surface area contributed by atoms with E-state index in [9.17, 15) is 4.79 Å². The highest BCUT2D eigenvalue weighted by molar-refractivity contribution is 5.87. The molecule has 3 rings (SSSR count). The van der Waals surface area contributed by atoms with Crippen molar-refractivity contribution in [2.45, 2.75) is 0 Å². The molecule has 0 radical (unpaired) electrons. The van der Waals surface area contributed by atoms with Crippen molar-refractivity contribution in [3.8, 4) is 28.2 Å². The van der Waals surface area contributed by atoms with Crippen LogP contribution in [0.15, 0.2) is 71.2 Å². The van der Waals surface area contributed by atoms with Crippen molar-refractivity contribution in [3.05, 3.63) is 82.9 Å². The van der Waals surface area contributed by atoms with Crippen LogP contribution in [-0.2, 0) is 4.79 Å². The van der Waals surface area contributed by atoms with Gasteiger partial charge >= 0.3 is 5.97 Å². The molecule has 0 spiro atoms. The first kappa shape index (κ1) is 19.4. The van der Waals surface area contributed by atoms with Crippen molar-refractivity contribution >= 4 is 12.0 Å². The van der Waals surface area contributed by atoms with Crippen LogP contribution in [0.1, 0.15) is 5.76 Å². The third kappa shape index (κ3) is 5.26. The predicted octanol–water partition coefficient (Wildman–Crippen LogP) is 5.60. The zero-order valence-electron chi connectivity index (χ0n) is 14.5. The molecule has 0 fully saturated rings. The number of carboxylic acid groups (broad SMARTS) is 1. The van der Waals surface area contributed by atoms with Gasteiger partial charge in [-0.2, -0.15) is 0 Å². The highest BCUT2D eigenvalue weighted by Gasteiger charge is 2.14. The number of ether oxygens (including phenoxy) is 1. The number of furan rings is 1. The van der Waals surface area contributed by atoms with Crippen LogP contribution in [0.25, 0.3) is 39.0 Å². The summed E-state index contributed by atoms with van der Waals surface area (Å²) in [4.78, 5) is 12.5. The van der Waals surface area contributed by atoms with Gasteiger partial charge in [0.05, 0.1) is 7.11 Å². The van der Waals surface area contributed by atoms with Crippen LogP contribution in [0.5, 0.6) is 5.75 Å². The first-order chi connectivity index (χ1) is 13.1. The summed E-state index contributed by atoms with van der Waals surface area (Å²) in [5.74, 6) is 0.945. The summed E-state index contributed by atoms with van der Waals surface area (Å²) in [6.07, 6.45) is 2.51. The average Bonchev–Trinajstić information content (AvgIpc) is 3.12. The van der Waals surface area contributed by atoms with Gasteiger partial charge in [-0.1, -0.05) is 42.5 Å². The molecule has 136 valence electrons. The minimum absolute atomic E-state index is 0.488. The van der Waals surface area contributed by atoms with E-state index in [-0.39, 0.29) is 0 Å². The maximum Gasteiger partial charge on any atom is 0.328 e. The number of nitrogens with one attached hydrogen (secondary N) is 1. The number of carbonyl (C=O) groups is 1. The third-order valence-corrected chi connectivity index (χ3v) is 3.58. The quantitative estimate of drug-likeness (QED) is 0.265. The zero-order valence-corrected chi connectivity index (χ0v) is 14.5. The lowest BCUT2D eigenvalue weighted by molar-refractivity contribution is -0.131. The first-order valence-electron chi connectivity index (χ1n) is 7.84. The maximum atomic E-state index is 10.7. The zero-order chi connectivity index (χ0) is 19.6. The fourth-order valence-electron chi connectivity index (χ4n) is 2.43. The number of methoxy groups -OCH3 is 1. The number of hydrogen-bond donors (Lipinski definition) is 2. The molecule has 27 heavy (non-hydrogen) atoms. The smallest absolute Gasteiger partial charge is 0.328 e. The van der Waals surface area contributed by atoms with Crippen molar-refractivity contribution in [1.29, 1.82) is 5.53 Å². The van der Waals surface area contributed by atoms with E-state index in [1.807, 2.05) is 60.7 Å². The largest absolute Gasteiger partial charge is 0.497 e. The van der Waals surface area contributed by atoms with Crippen LogP contribution in [0.2, 0.25) is 0 Å². The van der Waals surface area contributed by atoms with E-state index in [1.165, 1.54) is 6.08 Å². The van der Waals surface area contributed by atoms with Gasteiger partial charge in [0.25, 0.3) is 0 Å². The Morgan fingerprint density at radius 1 is 1.15 bits per heavy atom. The molecule has 1 aromatic heterocycles. The minimum atomic E-state index is -1.02. The number of hydrogen-bond acceptors (Lipinski definition) is 4. The lowest BCUT2D eigenvalue weighted by Crippen LogP contribution is -1.84. The fraction of sp³-hybridized carbons (Fsp3) is 0.0500. The standard InChI is InChI=1S/C20H16O4.HN3/c1-23-16-9-7-14(8-10-16)18-13-17(11-12-19(21)22)24-20(18)15-5-3-2-4-6-15;1-3-2/h2-13H,1H3,(H,21,22);1H. The number of benzene rings is 2. The molecule has 2 aromatic carbocycles. The van der Waals surface area contributed by atoms with Crippen LogP contribution in [0.3, 0.4) is 0 Å². The summed E-state index contributed by atoms with van der Waals surface area (Å²) < 4.78 is 11.1. The van der Waals surface area contributed by atoms with Gasteiger partial charge in [-0.3, -0.25) is 0 Å². The Labute approximate surface area is 155 Å². The normalized spacial score (nSPS) is 9.96. The molecule has 0 unspecified atom stereocenters. The molecule has 7 nitrogen and oxygen atoms in total. The van der Waals surface area contributed by atoms with E-state index in [1.54, 1.807) is 12.0 Å². The number of aliphatic carboxylic acids is 1. The molecule has 2 N–H and O–H groups in total. The van der Waals surface area contributed by atoms with E-state index < -0.39 is 5.97 Å². The molecule has 0 amide bonds. The maximum absolute atomic E-state index is 10.7. The van der Waals surface area contributed by atoms with Gasteiger partial charge in [-0.25, -0.2) is 4.79 Å². The Morgan fingerprint density at radius 2 is 1.78 bits per heavy atom. The van der Waals surface area contributed by atoms with Crippen LogP contribution in [0, 0.1) is 5.53 Å². The second kappa shape index (κ2) is 9.50. The predicted molar refractivity (Wildman–Crippen MR) is 102 cm³/mol. The molecule has 0 aliphatic carbocycles. The third-order valence-electron chi connectivity index (χ3n) is 3.58. The SMILES string of the molecule is COc1ccc(-c2cc(C=CC(=O)O)oc2-c2ccccc2)cc1.[N-]=[N+]=N. The van der Waals surface area contributed by atoms with Crippen molar-refractivity contribution in [1.82, 2.24) is 0 Å². The minimum Gasteiger partial charge on any atom is -0.497 e. The Balaban J connectivity index is 0.000000817. The van der Waals surface area contributed by atoms with E-state index in [4.69, 9.17) is 25.3 Å². The molecule has 0 aliphatic heterocycles. The molecule has 1 heterocycles. The van der Waals surface area contributed by atoms with E-state index in [0.717, 1.165) is 28.5 Å². The second-order valence-corrected chi connectivity index (χ2v) is 5.26. The first-order valence-corrected chi connectivity index (χ1v) is 7.84. The van der Waals surface area contributed by atoms with Gasteiger partial charge in [-0.05, 0) is 40.3 Å². The molecule has 0 saturated carbocycles. The summed E-state index contributed by atoms with van der Waals surface area (Å²) in [6, 6.07) is 19.2. The topological polar surface area (TPSA) is 120 Å². The molecule has 0 aliphatic rings. The van der Waals surface area contributed by atoms with Crippen LogP contribution in [0.4, 0.5) is 0 Å². The van der Waals surface area contributed by atoms with Crippen LogP contribution < -0.4 is 4.74 Å². The monoisotopic (exact) mass is 363 g/mol. The number of rotatable bonds is 5. The number of nitrogens with zero attached hydrogens (tertiary/aromatic N) is 2. The molecule has 0 saturated heterocycles. The second-order valence-electron chi connectivity index (χ2n) is 5.26. The Hall–Kier alpha value is -3.96. The summed E-state index contributed by atoms with van der Waals surface area (Å²) in [6.45, 7) is 0. The fourth-order valence-corrected chi connectivity index (χ4v) is 2.43. The summed E-state index contributed by atoms with van der Waals surface area (Å²) in [5.41, 5.74) is 15.0. The molecule has 3 aromatic rings. The van der Waals surface area contributed by atoms with Gasteiger partial charge < -0.3 is 14.3 Å². The van der Waals surface area contributed by atoms with E-state index in [2.05, 4.69) is 0 Å². The lowest BCUT2D eigenvalue weighted by Gasteiger charge is -2.04. The Bertz CT molecular complexity index is 955. The molecular formula is C20H17N3O4.